The van der Waals surface area contributed by atoms with Gasteiger partial charge >= 0.3 is 0 Å². The van der Waals surface area contributed by atoms with Crippen LogP contribution >= 0.6 is 11.6 Å². The van der Waals surface area contributed by atoms with Crippen molar-refractivity contribution in [3.8, 4) is 0 Å². The number of carbonyl (C=O) groups is 1. The van der Waals surface area contributed by atoms with E-state index < -0.39 is 10.3 Å². The fourth-order valence-corrected chi connectivity index (χ4v) is 1.14. The zero-order valence-corrected chi connectivity index (χ0v) is 9.62. The normalized spacial score (nSPS) is 11.9. The van der Waals surface area contributed by atoms with Crippen molar-refractivity contribution in [3.05, 3.63) is 33.9 Å². The summed E-state index contributed by atoms with van der Waals surface area (Å²) in [7, 11) is 0. The van der Waals surface area contributed by atoms with Gasteiger partial charge in [-0.15, -0.1) is 11.6 Å². The maximum Gasteiger partial charge on any atom is 0.271 e. The standard InChI is InChI=1S/C10H11ClN2O3/c1-6-3-4-8(13(15)16)5-9(6)12-10(14)7(2)11/h3-5,7H,1-2H3,(H,12,14). The van der Waals surface area contributed by atoms with Crippen LogP contribution in [0.15, 0.2) is 18.2 Å². The number of nitrogens with zero attached hydrogens (tertiary/aromatic N) is 1. The molecule has 0 bridgehead atoms. The van der Waals surface area contributed by atoms with Crippen LogP contribution in [0.25, 0.3) is 0 Å². The number of rotatable bonds is 3. The topological polar surface area (TPSA) is 72.2 Å². The molecule has 5 nitrogen and oxygen atoms in total. The second-order valence-corrected chi connectivity index (χ2v) is 4.02. The highest BCUT2D eigenvalue weighted by Crippen LogP contribution is 2.22. The fourth-order valence-electron chi connectivity index (χ4n) is 1.09. The summed E-state index contributed by atoms with van der Waals surface area (Å²) in [6.07, 6.45) is 0. The van der Waals surface area contributed by atoms with Gasteiger partial charge in [-0.2, -0.15) is 0 Å². The van der Waals surface area contributed by atoms with Gasteiger partial charge in [0, 0.05) is 12.1 Å². The van der Waals surface area contributed by atoms with Crippen molar-refractivity contribution in [1.29, 1.82) is 0 Å². The lowest BCUT2D eigenvalue weighted by Crippen LogP contribution is -2.20. The van der Waals surface area contributed by atoms with Crippen LogP contribution in [0.3, 0.4) is 0 Å². The molecule has 86 valence electrons. The number of nitro groups is 1. The summed E-state index contributed by atoms with van der Waals surface area (Å²) in [5.41, 5.74) is 1.09. The predicted molar refractivity (Wildman–Crippen MR) is 61.8 cm³/mol. The van der Waals surface area contributed by atoms with Crippen LogP contribution in [0, 0.1) is 17.0 Å². The van der Waals surface area contributed by atoms with Gasteiger partial charge in [-0.25, -0.2) is 0 Å². The Labute approximate surface area is 97.6 Å². The molecule has 0 saturated carbocycles. The Morgan fingerprint density at radius 3 is 2.69 bits per heavy atom. The largest absolute Gasteiger partial charge is 0.324 e. The van der Waals surface area contributed by atoms with Crippen molar-refractivity contribution in [2.45, 2.75) is 19.2 Å². The minimum atomic E-state index is -0.682. The van der Waals surface area contributed by atoms with Crippen LogP contribution in [-0.2, 0) is 4.79 Å². The molecule has 0 aliphatic carbocycles. The Hall–Kier alpha value is -1.62. The van der Waals surface area contributed by atoms with Gasteiger partial charge in [-0.3, -0.25) is 14.9 Å². The summed E-state index contributed by atoms with van der Waals surface area (Å²) >= 11 is 5.59. The molecule has 0 spiro atoms. The Bertz CT molecular complexity index is 432. The second-order valence-electron chi connectivity index (χ2n) is 3.36. The molecule has 6 heteroatoms. The fraction of sp³-hybridized carbons (Fsp3) is 0.300. The molecule has 0 aliphatic rings. The highest BCUT2D eigenvalue weighted by molar-refractivity contribution is 6.32. The van der Waals surface area contributed by atoms with Crippen LogP contribution in [0.2, 0.25) is 0 Å². The minimum Gasteiger partial charge on any atom is -0.324 e. The van der Waals surface area contributed by atoms with Gasteiger partial charge in [-0.05, 0) is 19.4 Å². The number of halogens is 1. The molecular formula is C10H11ClN2O3. The van der Waals surface area contributed by atoms with E-state index in [0.717, 1.165) is 5.56 Å². The highest BCUT2D eigenvalue weighted by Gasteiger charge is 2.13. The third-order valence-corrected chi connectivity index (χ3v) is 2.25. The second kappa shape index (κ2) is 4.94. The molecule has 1 N–H and O–H groups in total. The summed E-state index contributed by atoms with van der Waals surface area (Å²) in [6.45, 7) is 3.28. The molecule has 1 amide bonds. The Morgan fingerprint density at radius 2 is 2.19 bits per heavy atom. The summed E-state index contributed by atoms with van der Waals surface area (Å²) in [5, 5.41) is 12.4. The molecule has 1 unspecified atom stereocenters. The first-order valence-corrected chi connectivity index (χ1v) is 5.05. The molecule has 0 fully saturated rings. The number of aryl methyl sites for hydroxylation is 1. The molecular weight excluding hydrogens is 232 g/mol. The van der Waals surface area contributed by atoms with Crippen molar-refractivity contribution in [1.82, 2.24) is 0 Å². The van der Waals surface area contributed by atoms with Crippen LogP contribution in [0.4, 0.5) is 11.4 Å². The highest BCUT2D eigenvalue weighted by atomic mass is 35.5. The monoisotopic (exact) mass is 242 g/mol. The molecule has 0 radical (unpaired) electrons. The number of non-ortho nitro benzene ring substituents is 1. The summed E-state index contributed by atoms with van der Waals surface area (Å²) in [6, 6.07) is 4.27. The molecule has 16 heavy (non-hydrogen) atoms. The molecule has 1 rings (SSSR count). The van der Waals surface area contributed by atoms with E-state index in [4.69, 9.17) is 11.6 Å². The van der Waals surface area contributed by atoms with E-state index in [9.17, 15) is 14.9 Å². The van der Waals surface area contributed by atoms with Gasteiger partial charge in [0.05, 0.1) is 10.6 Å². The average Bonchev–Trinajstić information content (AvgIpc) is 2.20. The van der Waals surface area contributed by atoms with Gasteiger partial charge in [0.1, 0.15) is 5.38 Å². The quantitative estimate of drug-likeness (QED) is 0.503. The lowest BCUT2D eigenvalue weighted by atomic mass is 10.2. The van der Waals surface area contributed by atoms with Crippen molar-refractivity contribution in [2.75, 3.05) is 5.32 Å². The van der Waals surface area contributed by atoms with Gasteiger partial charge in [-0.1, -0.05) is 6.07 Å². The van der Waals surface area contributed by atoms with Gasteiger partial charge in [0.2, 0.25) is 5.91 Å². The number of nitrogens with one attached hydrogen (secondary N) is 1. The van der Waals surface area contributed by atoms with E-state index in [2.05, 4.69) is 5.32 Å². The van der Waals surface area contributed by atoms with Crippen LogP contribution in [0.5, 0.6) is 0 Å². The molecule has 0 aliphatic heterocycles. The lowest BCUT2D eigenvalue weighted by molar-refractivity contribution is -0.384. The maximum atomic E-state index is 11.3. The Kier molecular flexibility index (Phi) is 3.84. The van der Waals surface area contributed by atoms with E-state index in [0.29, 0.717) is 5.69 Å². The van der Waals surface area contributed by atoms with Crippen molar-refractivity contribution < 1.29 is 9.72 Å². The number of alkyl halides is 1. The third-order valence-electron chi connectivity index (χ3n) is 2.05. The van der Waals surface area contributed by atoms with Crippen LogP contribution in [0.1, 0.15) is 12.5 Å². The van der Waals surface area contributed by atoms with Gasteiger partial charge < -0.3 is 5.32 Å². The first kappa shape index (κ1) is 12.4. The Balaban J connectivity index is 2.99. The number of hydrogen-bond acceptors (Lipinski definition) is 3. The third kappa shape index (κ3) is 2.93. The van der Waals surface area contributed by atoms with Crippen LogP contribution in [-0.4, -0.2) is 16.2 Å². The predicted octanol–water partition coefficient (Wildman–Crippen LogP) is 2.47. The summed E-state index contributed by atoms with van der Waals surface area (Å²) < 4.78 is 0. The summed E-state index contributed by atoms with van der Waals surface area (Å²) in [4.78, 5) is 21.4. The van der Waals surface area contributed by atoms with E-state index in [1.807, 2.05) is 0 Å². The molecule has 1 atom stereocenters. The molecule has 1 aromatic rings. The summed E-state index contributed by atoms with van der Waals surface area (Å²) in [5.74, 6) is -0.384. The maximum absolute atomic E-state index is 11.3. The number of hydrogen-bond donors (Lipinski definition) is 1. The number of carbonyl (C=O) groups excluding carboxylic acids is 1. The SMILES string of the molecule is Cc1ccc([N+](=O)[O-])cc1NC(=O)C(C)Cl. The molecule has 0 heterocycles. The lowest BCUT2D eigenvalue weighted by Gasteiger charge is -2.08. The number of nitro benzene ring substituents is 1. The zero-order chi connectivity index (χ0) is 12.3. The van der Waals surface area contributed by atoms with Gasteiger partial charge in [0.25, 0.3) is 5.69 Å². The first-order chi connectivity index (χ1) is 7.41. The van der Waals surface area contributed by atoms with E-state index in [1.165, 1.54) is 19.1 Å². The van der Waals surface area contributed by atoms with Crippen molar-refractivity contribution >= 4 is 28.9 Å². The molecule has 0 saturated heterocycles. The van der Waals surface area contributed by atoms with E-state index in [1.54, 1.807) is 13.0 Å². The Morgan fingerprint density at radius 1 is 1.56 bits per heavy atom. The molecule has 0 aromatic heterocycles. The van der Waals surface area contributed by atoms with Crippen LogP contribution < -0.4 is 5.32 Å². The number of anilines is 1. The van der Waals surface area contributed by atoms with Crippen molar-refractivity contribution in [2.24, 2.45) is 0 Å². The average molecular weight is 243 g/mol. The smallest absolute Gasteiger partial charge is 0.271 e. The number of amides is 1. The van der Waals surface area contributed by atoms with Crippen molar-refractivity contribution in [3.63, 3.8) is 0 Å². The minimum absolute atomic E-state index is 0.0666. The number of benzene rings is 1. The first-order valence-electron chi connectivity index (χ1n) is 4.62. The molecule has 1 aromatic carbocycles. The van der Waals surface area contributed by atoms with E-state index in [-0.39, 0.29) is 11.6 Å². The van der Waals surface area contributed by atoms with E-state index >= 15 is 0 Å². The van der Waals surface area contributed by atoms with Gasteiger partial charge in [0.15, 0.2) is 0 Å². The zero-order valence-electron chi connectivity index (χ0n) is 8.86.